The van der Waals surface area contributed by atoms with E-state index in [9.17, 15) is 0 Å². The molecule has 0 aromatic heterocycles. The molecular weight excluding hydrogens is 262 g/mol. The largest absolute Gasteiger partial charge is 0.497 e. The summed E-state index contributed by atoms with van der Waals surface area (Å²) in [6.45, 7) is 3.87. The van der Waals surface area contributed by atoms with Gasteiger partial charge in [0.05, 0.1) is 19.8 Å². The second-order valence-corrected chi connectivity index (χ2v) is 5.26. The van der Waals surface area contributed by atoms with Gasteiger partial charge in [0.25, 0.3) is 0 Å². The van der Waals surface area contributed by atoms with Crippen LogP contribution >= 0.6 is 11.6 Å². The van der Waals surface area contributed by atoms with Gasteiger partial charge in [-0.1, -0.05) is 12.1 Å². The van der Waals surface area contributed by atoms with Crippen LogP contribution in [0.25, 0.3) is 0 Å². The van der Waals surface area contributed by atoms with E-state index in [2.05, 4.69) is 17.0 Å². The smallest absolute Gasteiger partial charge is 0.118 e. The van der Waals surface area contributed by atoms with Gasteiger partial charge in [0, 0.05) is 25.5 Å². The molecule has 0 amide bonds. The maximum Gasteiger partial charge on any atom is 0.118 e. The fourth-order valence-corrected chi connectivity index (χ4v) is 2.52. The molecule has 3 nitrogen and oxygen atoms in total. The highest BCUT2D eigenvalue weighted by Crippen LogP contribution is 2.18. The lowest BCUT2D eigenvalue weighted by atomic mass is 10.1. The van der Waals surface area contributed by atoms with E-state index >= 15 is 0 Å². The summed E-state index contributed by atoms with van der Waals surface area (Å²) >= 11 is 5.64. The second-order valence-electron chi connectivity index (χ2n) is 4.88. The van der Waals surface area contributed by atoms with Gasteiger partial charge in [-0.2, -0.15) is 0 Å². The zero-order valence-electron chi connectivity index (χ0n) is 11.5. The third-order valence-corrected chi connectivity index (χ3v) is 3.68. The average molecular weight is 284 g/mol. The summed E-state index contributed by atoms with van der Waals surface area (Å²) < 4.78 is 10.9. The third-order valence-electron chi connectivity index (χ3n) is 3.53. The lowest BCUT2D eigenvalue weighted by Gasteiger charge is -2.31. The first-order valence-electron chi connectivity index (χ1n) is 6.84. The Morgan fingerprint density at radius 3 is 2.47 bits per heavy atom. The Morgan fingerprint density at radius 2 is 1.89 bits per heavy atom. The molecule has 1 saturated heterocycles. The molecule has 0 unspecified atom stereocenters. The summed E-state index contributed by atoms with van der Waals surface area (Å²) in [6.07, 6.45) is 2.60. The van der Waals surface area contributed by atoms with E-state index in [1.807, 2.05) is 12.1 Å². The van der Waals surface area contributed by atoms with Crippen LogP contribution in [0, 0.1) is 0 Å². The first-order valence-corrected chi connectivity index (χ1v) is 7.38. The fraction of sp³-hybridized carbons (Fsp3) is 0.600. The number of piperidine rings is 1. The molecule has 1 aliphatic heterocycles. The van der Waals surface area contributed by atoms with Crippen LogP contribution in [0.1, 0.15) is 18.4 Å². The van der Waals surface area contributed by atoms with Crippen molar-refractivity contribution in [3.8, 4) is 5.75 Å². The summed E-state index contributed by atoms with van der Waals surface area (Å²) in [4.78, 5) is 2.47. The lowest BCUT2D eigenvalue weighted by Crippen LogP contribution is -2.36. The minimum atomic E-state index is 0.394. The molecular formula is C15H22ClNO2. The first kappa shape index (κ1) is 14.6. The van der Waals surface area contributed by atoms with Crippen molar-refractivity contribution in [2.75, 3.05) is 32.7 Å². The summed E-state index contributed by atoms with van der Waals surface area (Å²) in [5.41, 5.74) is 1.33. The minimum Gasteiger partial charge on any atom is -0.497 e. The van der Waals surface area contributed by atoms with E-state index in [1.54, 1.807) is 7.11 Å². The maximum atomic E-state index is 5.69. The van der Waals surface area contributed by atoms with Gasteiger partial charge in [-0.05, 0) is 30.5 Å². The highest BCUT2D eigenvalue weighted by Gasteiger charge is 2.19. The fourth-order valence-electron chi connectivity index (χ4n) is 2.43. The number of benzene rings is 1. The predicted octanol–water partition coefficient (Wildman–Crippen LogP) is 2.92. The van der Waals surface area contributed by atoms with Gasteiger partial charge in [0.1, 0.15) is 5.75 Å². The van der Waals surface area contributed by atoms with Crippen molar-refractivity contribution in [2.24, 2.45) is 0 Å². The summed E-state index contributed by atoms with van der Waals surface area (Å²) in [6, 6.07) is 8.31. The number of nitrogens with zero attached hydrogens (tertiary/aromatic N) is 1. The van der Waals surface area contributed by atoms with E-state index in [4.69, 9.17) is 21.1 Å². The molecule has 4 heteroatoms. The maximum absolute atomic E-state index is 5.69. The molecule has 19 heavy (non-hydrogen) atoms. The number of ether oxygens (including phenoxy) is 2. The Hall–Kier alpha value is -0.770. The summed E-state index contributed by atoms with van der Waals surface area (Å²) in [5.74, 6) is 1.50. The van der Waals surface area contributed by atoms with Crippen molar-refractivity contribution in [3.05, 3.63) is 29.8 Å². The monoisotopic (exact) mass is 283 g/mol. The predicted molar refractivity (Wildman–Crippen MR) is 78.0 cm³/mol. The molecule has 0 bridgehead atoms. The van der Waals surface area contributed by atoms with Gasteiger partial charge >= 0.3 is 0 Å². The Bertz CT molecular complexity index is 361. The Morgan fingerprint density at radius 1 is 1.21 bits per heavy atom. The Labute approximate surface area is 120 Å². The van der Waals surface area contributed by atoms with Gasteiger partial charge in [-0.25, -0.2) is 0 Å². The summed E-state index contributed by atoms with van der Waals surface area (Å²) in [5, 5.41) is 0. The van der Waals surface area contributed by atoms with E-state index < -0.39 is 0 Å². The van der Waals surface area contributed by atoms with Crippen LogP contribution in [0.2, 0.25) is 0 Å². The number of hydrogen-bond donors (Lipinski definition) is 0. The molecule has 0 N–H and O–H groups in total. The molecule has 1 fully saturated rings. The first-order chi connectivity index (χ1) is 9.31. The average Bonchev–Trinajstić information content (AvgIpc) is 2.47. The van der Waals surface area contributed by atoms with Crippen molar-refractivity contribution in [3.63, 3.8) is 0 Å². The van der Waals surface area contributed by atoms with Gasteiger partial charge in [0.2, 0.25) is 0 Å². The molecule has 1 aromatic carbocycles. The molecule has 1 heterocycles. The molecule has 2 rings (SSSR count). The van der Waals surface area contributed by atoms with Crippen molar-refractivity contribution in [2.45, 2.75) is 25.5 Å². The highest BCUT2D eigenvalue weighted by atomic mass is 35.5. The topological polar surface area (TPSA) is 21.7 Å². The molecule has 106 valence electrons. The Balaban J connectivity index is 1.75. The zero-order valence-corrected chi connectivity index (χ0v) is 12.2. The molecule has 0 spiro atoms. The number of halogens is 1. The number of alkyl halides is 1. The third kappa shape index (κ3) is 4.68. The number of hydrogen-bond acceptors (Lipinski definition) is 3. The van der Waals surface area contributed by atoms with Crippen molar-refractivity contribution < 1.29 is 9.47 Å². The number of rotatable bonds is 6. The van der Waals surface area contributed by atoms with E-state index in [1.165, 1.54) is 5.56 Å². The van der Waals surface area contributed by atoms with Gasteiger partial charge < -0.3 is 9.47 Å². The standard InChI is InChI=1S/C15H22ClNO2/c1-18-14-4-2-13(3-5-14)12-17-9-6-15(7-10-17)19-11-8-16/h2-5,15H,6-12H2,1H3. The van der Waals surface area contributed by atoms with Crippen LogP contribution in [0.3, 0.4) is 0 Å². The molecule has 0 aliphatic carbocycles. The molecule has 0 saturated carbocycles. The van der Waals surface area contributed by atoms with Crippen LogP contribution in [0.15, 0.2) is 24.3 Å². The normalized spacial score (nSPS) is 17.6. The van der Waals surface area contributed by atoms with Crippen LogP contribution < -0.4 is 4.74 Å². The van der Waals surface area contributed by atoms with E-state index in [0.29, 0.717) is 18.6 Å². The quantitative estimate of drug-likeness (QED) is 0.750. The van der Waals surface area contributed by atoms with Crippen molar-refractivity contribution in [1.29, 1.82) is 0 Å². The van der Waals surface area contributed by atoms with E-state index in [0.717, 1.165) is 38.2 Å². The van der Waals surface area contributed by atoms with Gasteiger partial charge in [0.15, 0.2) is 0 Å². The van der Waals surface area contributed by atoms with Crippen LogP contribution in [-0.4, -0.2) is 43.7 Å². The minimum absolute atomic E-state index is 0.394. The highest BCUT2D eigenvalue weighted by molar-refractivity contribution is 6.17. The molecule has 1 aliphatic rings. The van der Waals surface area contributed by atoms with Gasteiger partial charge in [-0.3, -0.25) is 4.90 Å². The SMILES string of the molecule is COc1ccc(CN2CCC(OCCCl)CC2)cc1. The van der Waals surface area contributed by atoms with Crippen LogP contribution in [0.4, 0.5) is 0 Å². The summed E-state index contributed by atoms with van der Waals surface area (Å²) in [7, 11) is 1.70. The van der Waals surface area contributed by atoms with Crippen molar-refractivity contribution in [1.82, 2.24) is 4.90 Å². The molecule has 0 atom stereocenters. The molecule has 1 aromatic rings. The van der Waals surface area contributed by atoms with Crippen LogP contribution in [0.5, 0.6) is 5.75 Å². The van der Waals surface area contributed by atoms with Crippen LogP contribution in [-0.2, 0) is 11.3 Å². The lowest BCUT2D eigenvalue weighted by molar-refractivity contribution is 0.0134. The van der Waals surface area contributed by atoms with E-state index in [-0.39, 0.29) is 0 Å². The molecule has 0 radical (unpaired) electrons. The number of likely N-dealkylation sites (tertiary alicyclic amines) is 1. The Kier molecular flexibility index (Phi) is 5.95. The van der Waals surface area contributed by atoms with Crippen molar-refractivity contribution >= 4 is 11.6 Å². The second kappa shape index (κ2) is 7.73. The zero-order chi connectivity index (χ0) is 13.5. The number of methoxy groups -OCH3 is 1. The van der Waals surface area contributed by atoms with Gasteiger partial charge in [-0.15, -0.1) is 11.6 Å².